The molecule has 0 radical (unpaired) electrons. The Bertz CT molecular complexity index is 854. The van der Waals surface area contributed by atoms with Crippen LogP contribution in [0.4, 0.5) is 5.69 Å². The van der Waals surface area contributed by atoms with Crippen LogP contribution >= 0.6 is 24.0 Å². The quantitative estimate of drug-likeness (QED) is 0.294. The van der Waals surface area contributed by atoms with Gasteiger partial charge in [0.15, 0.2) is 5.96 Å². The zero-order valence-corrected chi connectivity index (χ0v) is 21.8. The SMILES string of the molecule is CN=C(NCc1ccc(OC(C)C)nc1)NC1CCN(c2cc(OC)cc(OC)c2)C1.I. The minimum atomic E-state index is 0. The van der Waals surface area contributed by atoms with E-state index in [0.29, 0.717) is 18.5 Å². The van der Waals surface area contributed by atoms with Gasteiger partial charge >= 0.3 is 0 Å². The molecular weight excluding hydrogens is 521 g/mol. The Hall–Kier alpha value is -2.43. The van der Waals surface area contributed by atoms with Gasteiger partial charge in [0.2, 0.25) is 5.88 Å². The van der Waals surface area contributed by atoms with Gasteiger partial charge in [-0.25, -0.2) is 4.98 Å². The van der Waals surface area contributed by atoms with Crippen LogP contribution in [0.5, 0.6) is 17.4 Å². The molecule has 1 aromatic carbocycles. The summed E-state index contributed by atoms with van der Waals surface area (Å²) in [7, 11) is 5.12. The predicted octanol–water partition coefficient (Wildman–Crippen LogP) is 3.45. The lowest BCUT2D eigenvalue weighted by atomic mass is 10.2. The fourth-order valence-electron chi connectivity index (χ4n) is 3.49. The average Bonchev–Trinajstić information content (AvgIpc) is 3.25. The number of halogens is 1. The molecule has 3 rings (SSSR count). The van der Waals surface area contributed by atoms with Crippen molar-refractivity contribution in [2.24, 2.45) is 4.99 Å². The van der Waals surface area contributed by atoms with E-state index in [1.54, 1.807) is 21.3 Å². The van der Waals surface area contributed by atoms with Crippen LogP contribution in [0.15, 0.2) is 41.5 Å². The zero-order chi connectivity index (χ0) is 22.2. The van der Waals surface area contributed by atoms with Crippen LogP contribution in [0, 0.1) is 0 Å². The molecule has 0 saturated carbocycles. The first kappa shape index (κ1) is 25.8. The molecule has 2 N–H and O–H groups in total. The van der Waals surface area contributed by atoms with Gasteiger partial charge in [0.1, 0.15) is 11.5 Å². The van der Waals surface area contributed by atoms with Gasteiger partial charge in [-0.2, -0.15) is 0 Å². The van der Waals surface area contributed by atoms with Crippen molar-refractivity contribution in [1.29, 1.82) is 0 Å². The van der Waals surface area contributed by atoms with Crippen LogP contribution in [0.25, 0.3) is 0 Å². The van der Waals surface area contributed by atoms with E-state index in [4.69, 9.17) is 14.2 Å². The summed E-state index contributed by atoms with van der Waals surface area (Å²) in [6.07, 6.45) is 2.96. The van der Waals surface area contributed by atoms with Crippen molar-refractivity contribution in [3.05, 3.63) is 42.1 Å². The molecule has 1 saturated heterocycles. The number of hydrogen-bond donors (Lipinski definition) is 2. The second-order valence-corrected chi connectivity index (χ2v) is 7.74. The molecule has 1 unspecified atom stereocenters. The molecule has 0 amide bonds. The molecule has 1 aromatic heterocycles. The summed E-state index contributed by atoms with van der Waals surface area (Å²) in [6, 6.07) is 10.2. The van der Waals surface area contributed by atoms with Crippen LogP contribution in [-0.4, -0.2) is 57.4 Å². The summed E-state index contributed by atoms with van der Waals surface area (Å²) < 4.78 is 16.4. The number of benzene rings is 1. The normalized spacial score (nSPS) is 15.9. The summed E-state index contributed by atoms with van der Waals surface area (Å²) in [6.45, 7) is 6.44. The fourth-order valence-corrected chi connectivity index (χ4v) is 3.49. The van der Waals surface area contributed by atoms with Gasteiger partial charge in [-0.05, 0) is 25.8 Å². The van der Waals surface area contributed by atoms with Crippen LogP contribution in [0.2, 0.25) is 0 Å². The first-order valence-corrected chi connectivity index (χ1v) is 10.6. The number of nitrogens with zero attached hydrogens (tertiary/aromatic N) is 3. The fraction of sp³-hybridized carbons (Fsp3) is 0.478. The third kappa shape index (κ3) is 7.32. The molecule has 0 spiro atoms. The number of aliphatic imine (C=N–C) groups is 1. The molecule has 1 atom stereocenters. The van der Waals surface area contributed by atoms with Gasteiger partial charge in [-0.1, -0.05) is 6.07 Å². The largest absolute Gasteiger partial charge is 0.497 e. The highest BCUT2D eigenvalue weighted by Crippen LogP contribution is 2.30. The second-order valence-electron chi connectivity index (χ2n) is 7.74. The number of rotatable bonds is 8. The molecule has 2 heterocycles. The molecule has 9 heteroatoms. The Balaban J connectivity index is 0.00000363. The lowest BCUT2D eigenvalue weighted by molar-refractivity contribution is 0.232. The van der Waals surface area contributed by atoms with E-state index in [2.05, 4.69) is 25.5 Å². The van der Waals surface area contributed by atoms with E-state index < -0.39 is 0 Å². The van der Waals surface area contributed by atoms with E-state index in [1.165, 1.54) is 0 Å². The highest BCUT2D eigenvalue weighted by Gasteiger charge is 2.24. The molecule has 1 fully saturated rings. The maximum atomic E-state index is 5.59. The van der Waals surface area contributed by atoms with Crippen molar-refractivity contribution >= 4 is 35.6 Å². The van der Waals surface area contributed by atoms with E-state index in [1.807, 2.05) is 50.4 Å². The summed E-state index contributed by atoms with van der Waals surface area (Å²) in [4.78, 5) is 11.0. The highest BCUT2D eigenvalue weighted by molar-refractivity contribution is 14.0. The van der Waals surface area contributed by atoms with Crippen LogP contribution in [-0.2, 0) is 6.54 Å². The molecule has 1 aliphatic rings. The second kappa shape index (κ2) is 12.6. The van der Waals surface area contributed by atoms with Crippen LogP contribution in [0.1, 0.15) is 25.8 Å². The van der Waals surface area contributed by atoms with Gasteiger partial charge in [0.05, 0.1) is 20.3 Å². The Morgan fingerprint density at radius 2 is 1.91 bits per heavy atom. The minimum Gasteiger partial charge on any atom is -0.497 e. The first-order chi connectivity index (χ1) is 15.0. The van der Waals surface area contributed by atoms with E-state index in [-0.39, 0.29) is 30.1 Å². The predicted molar refractivity (Wildman–Crippen MR) is 139 cm³/mol. The third-order valence-corrected chi connectivity index (χ3v) is 5.07. The Morgan fingerprint density at radius 1 is 1.19 bits per heavy atom. The molecule has 2 aromatic rings. The smallest absolute Gasteiger partial charge is 0.213 e. The van der Waals surface area contributed by atoms with Crippen LogP contribution in [0.3, 0.4) is 0 Å². The molecule has 8 nitrogen and oxygen atoms in total. The highest BCUT2D eigenvalue weighted by atomic mass is 127. The minimum absolute atomic E-state index is 0. The monoisotopic (exact) mass is 555 g/mol. The van der Waals surface area contributed by atoms with E-state index in [0.717, 1.165) is 48.2 Å². The lowest BCUT2D eigenvalue weighted by Crippen LogP contribution is -2.44. The van der Waals surface area contributed by atoms with Gasteiger partial charge in [-0.3, -0.25) is 4.99 Å². The van der Waals surface area contributed by atoms with Crippen molar-refractivity contribution in [3.63, 3.8) is 0 Å². The third-order valence-electron chi connectivity index (χ3n) is 5.07. The standard InChI is InChI=1S/C23H33N5O3.HI/c1-16(2)31-22-7-6-17(13-25-22)14-26-23(24-3)27-18-8-9-28(15-18)19-10-20(29-4)12-21(11-19)30-5;/h6-7,10-13,16,18H,8-9,14-15H2,1-5H3,(H2,24,26,27);1H. The van der Waals surface area contributed by atoms with Gasteiger partial charge in [0.25, 0.3) is 0 Å². The first-order valence-electron chi connectivity index (χ1n) is 10.6. The van der Waals surface area contributed by atoms with Gasteiger partial charge in [0, 0.05) is 68.9 Å². The van der Waals surface area contributed by atoms with Crippen molar-refractivity contribution in [3.8, 4) is 17.4 Å². The molecule has 0 aliphatic carbocycles. The number of methoxy groups -OCH3 is 2. The average molecular weight is 555 g/mol. The van der Waals surface area contributed by atoms with Crippen molar-refractivity contribution in [2.45, 2.75) is 39.0 Å². The molecule has 1 aliphatic heterocycles. The van der Waals surface area contributed by atoms with E-state index in [9.17, 15) is 0 Å². The van der Waals surface area contributed by atoms with E-state index >= 15 is 0 Å². The van der Waals surface area contributed by atoms with Gasteiger partial charge in [-0.15, -0.1) is 24.0 Å². The Labute approximate surface area is 207 Å². The summed E-state index contributed by atoms with van der Waals surface area (Å²) in [5.41, 5.74) is 2.16. The molecule has 0 bridgehead atoms. The summed E-state index contributed by atoms with van der Waals surface area (Å²) >= 11 is 0. The number of aromatic nitrogens is 1. The Kier molecular flexibility index (Phi) is 10.1. The maximum Gasteiger partial charge on any atom is 0.213 e. The molecule has 176 valence electrons. The number of ether oxygens (including phenoxy) is 3. The maximum absolute atomic E-state index is 5.59. The van der Waals surface area contributed by atoms with Crippen molar-refractivity contribution < 1.29 is 14.2 Å². The van der Waals surface area contributed by atoms with Crippen molar-refractivity contribution in [2.75, 3.05) is 39.3 Å². The number of anilines is 1. The zero-order valence-electron chi connectivity index (χ0n) is 19.4. The molecular formula is C23H34IN5O3. The van der Waals surface area contributed by atoms with Crippen LogP contribution < -0.4 is 29.7 Å². The topological polar surface area (TPSA) is 80.2 Å². The number of guanidine groups is 1. The summed E-state index contributed by atoms with van der Waals surface area (Å²) in [5.74, 6) is 3.00. The number of hydrogen-bond acceptors (Lipinski definition) is 6. The number of pyridine rings is 1. The van der Waals surface area contributed by atoms with Crippen molar-refractivity contribution in [1.82, 2.24) is 15.6 Å². The van der Waals surface area contributed by atoms with Gasteiger partial charge < -0.3 is 29.7 Å². The molecule has 32 heavy (non-hydrogen) atoms. The lowest BCUT2D eigenvalue weighted by Gasteiger charge is -2.21. The number of nitrogens with one attached hydrogen (secondary N) is 2. The Morgan fingerprint density at radius 3 is 2.47 bits per heavy atom. The summed E-state index contributed by atoms with van der Waals surface area (Å²) in [5, 5.41) is 6.88.